The number of hydrogen-bond acceptors (Lipinski definition) is 1. The van der Waals surface area contributed by atoms with Crippen molar-refractivity contribution in [2.45, 2.75) is 12.3 Å². The van der Waals surface area contributed by atoms with E-state index in [-0.39, 0.29) is 5.92 Å². The highest BCUT2D eigenvalue weighted by atomic mass is 14.7. The number of rotatable bonds is 3. The molecule has 92 valence electrons. The Bertz CT molecular complexity index is 720. The van der Waals surface area contributed by atoms with Crippen LogP contribution in [0.1, 0.15) is 23.5 Å². The molecule has 1 atom stereocenters. The van der Waals surface area contributed by atoms with Crippen LogP contribution < -0.4 is 0 Å². The molecular weight excluding hydrogens is 232 g/mol. The minimum Gasteiger partial charge on any atom is -0.361 e. The second-order valence-corrected chi connectivity index (χ2v) is 4.65. The van der Waals surface area contributed by atoms with Gasteiger partial charge in [-0.15, -0.1) is 0 Å². The average Bonchev–Trinajstić information content (AvgIpc) is 2.93. The van der Waals surface area contributed by atoms with Crippen LogP contribution in [0, 0.1) is 11.3 Å². The highest BCUT2D eigenvalue weighted by Gasteiger charge is 2.14. The molecule has 2 nitrogen and oxygen atoms in total. The molecule has 1 unspecified atom stereocenters. The van der Waals surface area contributed by atoms with Crippen LogP contribution in [-0.4, -0.2) is 4.98 Å². The SMILES string of the molecule is N#CCC(c1ccccc1)c1ccc2[nH]ccc2c1. The Balaban J connectivity index is 2.06. The first-order valence-corrected chi connectivity index (χ1v) is 6.37. The van der Waals surface area contributed by atoms with Crippen molar-refractivity contribution in [3.05, 3.63) is 71.9 Å². The van der Waals surface area contributed by atoms with Crippen LogP contribution in [-0.2, 0) is 0 Å². The van der Waals surface area contributed by atoms with Crippen LogP contribution >= 0.6 is 0 Å². The second-order valence-electron chi connectivity index (χ2n) is 4.65. The van der Waals surface area contributed by atoms with Crippen molar-refractivity contribution in [1.82, 2.24) is 4.98 Å². The monoisotopic (exact) mass is 246 g/mol. The molecule has 2 heteroatoms. The Morgan fingerprint density at radius 1 is 1.00 bits per heavy atom. The third kappa shape index (κ3) is 2.23. The van der Waals surface area contributed by atoms with E-state index in [0.29, 0.717) is 6.42 Å². The van der Waals surface area contributed by atoms with E-state index < -0.39 is 0 Å². The average molecular weight is 246 g/mol. The zero-order chi connectivity index (χ0) is 13.1. The standard InChI is InChI=1S/C17H14N2/c18-10-8-16(13-4-2-1-3-5-13)14-6-7-17-15(12-14)9-11-19-17/h1-7,9,11-12,16,19H,8H2. The summed E-state index contributed by atoms with van der Waals surface area (Å²) in [6.45, 7) is 0. The van der Waals surface area contributed by atoms with Gasteiger partial charge in [0.2, 0.25) is 0 Å². The normalized spacial score (nSPS) is 12.2. The number of aromatic nitrogens is 1. The number of nitriles is 1. The van der Waals surface area contributed by atoms with Crippen LogP contribution in [0.5, 0.6) is 0 Å². The lowest BCUT2D eigenvalue weighted by Crippen LogP contribution is -1.99. The van der Waals surface area contributed by atoms with Crippen molar-refractivity contribution in [1.29, 1.82) is 5.26 Å². The number of fused-ring (bicyclic) bond motifs is 1. The largest absolute Gasteiger partial charge is 0.361 e. The number of nitrogens with zero attached hydrogens (tertiary/aromatic N) is 1. The van der Waals surface area contributed by atoms with Crippen LogP contribution in [0.3, 0.4) is 0 Å². The van der Waals surface area contributed by atoms with Gasteiger partial charge >= 0.3 is 0 Å². The first kappa shape index (κ1) is 11.6. The van der Waals surface area contributed by atoms with E-state index in [0.717, 1.165) is 5.52 Å². The van der Waals surface area contributed by atoms with Gasteiger partial charge in [0.25, 0.3) is 0 Å². The summed E-state index contributed by atoms with van der Waals surface area (Å²) in [4.78, 5) is 3.19. The van der Waals surface area contributed by atoms with Gasteiger partial charge in [-0.25, -0.2) is 0 Å². The van der Waals surface area contributed by atoms with E-state index >= 15 is 0 Å². The summed E-state index contributed by atoms with van der Waals surface area (Å²) in [5.41, 5.74) is 3.52. The zero-order valence-corrected chi connectivity index (χ0v) is 10.5. The number of nitrogens with one attached hydrogen (secondary N) is 1. The fraction of sp³-hybridized carbons (Fsp3) is 0.118. The van der Waals surface area contributed by atoms with Crippen LogP contribution in [0.2, 0.25) is 0 Å². The Labute approximate surface area is 112 Å². The van der Waals surface area contributed by atoms with E-state index in [1.807, 2.05) is 24.4 Å². The van der Waals surface area contributed by atoms with E-state index in [1.54, 1.807) is 0 Å². The van der Waals surface area contributed by atoms with Gasteiger partial charge in [0, 0.05) is 24.1 Å². The summed E-state index contributed by atoms with van der Waals surface area (Å²) in [5, 5.41) is 10.3. The minimum atomic E-state index is 0.144. The summed E-state index contributed by atoms with van der Waals surface area (Å²) in [6.07, 6.45) is 2.44. The highest BCUT2D eigenvalue weighted by Crippen LogP contribution is 2.29. The lowest BCUT2D eigenvalue weighted by molar-refractivity contribution is 0.840. The van der Waals surface area contributed by atoms with E-state index in [4.69, 9.17) is 5.26 Å². The van der Waals surface area contributed by atoms with Crippen LogP contribution in [0.15, 0.2) is 60.8 Å². The van der Waals surface area contributed by atoms with Crippen LogP contribution in [0.4, 0.5) is 0 Å². The van der Waals surface area contributed by atoms with E-state index in [1.165, 1.54) is 16.5 Å². The molecule has 0 aliphatic rings. The maximum Gasteiger partial charge on any atom is 0.0631 e. The summed E-state index contributed by atoms with van der Waals surface area (Å²) in [5.74, 6) is 0.144. The number of benzene rings is 2. The Hall–Kier alpha value is -2.53. The van der Waals surface area contributed by atoms with E-state index in [2.05, 4.69) is 47.5 Å². The number of hydrogen-bond donors (Lipinski definition) is 1. The molecule has 0 amide bonds. The van der Waals surface area contributed by atoms with Gasteiger partial charge < -0.3 is 4.98 Å². The quantitative estimate of drug-likeness (QED) is 0.738. The Kier molecular flexibility index (Phi) is 3.04. The Morgan fingerprint density at radius 2 is 1.84 bits per heavy atom. The topological polar surface area (TPSA) is 39.6 Å². The highest BCUT2D eigenvalue weighted by molar-refractivity contribution is 5.80. The van der Waals surface area contributed by atoms with Gasteiger partial charge in [-0.2, -0.15) is 5.26 Å². The van der Waals surface area contributed by atoms with Crippen molar-refractivity contribution in [2.24, 2.45) is 0 Å². The summed E-state index contributed by atoms with van der Waals surface area (Å²) in [7, 11) is 0. The molecule has 19 heavy (non-hydrogen) atoms. The van der Waals surface area contributed by atoms with Crippen molar-refractivity contribution < 1.29 is 0 Å². The van der Waals surface area contributed by atoms with Crippen molar-refractivity contribution >= 4 is 10.9 Å². The van der Waals surface area contributed by atoms with Gasteiger partial charge in [0.1, 0.15) is 0 Å². The molecule has 3 aromatic rings. The molecule has 0 radical (unpaired) electrons. The van der Waals surface area contributed by atoms with Gasteiger partial charge in [-0.1, -0.05) is 36.4 Å². The molecule has 1 heterocycles. The molecule has 0 saturated heterocycles. The molecule has 0 bridgehead atoms. The molecule has 0 aliphatic heterocycles. The molecule has 2 aromatic carbocycles. The predicted octanol–water partition coefficient (Wildman–Crippen LogP) is 4.21. The molecule has 1 N–H and O–H groups in total. The van der Waals surface area contributed by atoms with Gasteiger partial charge in [-0.05, 0) is 34.7 Å². The lowest BCUT2D eigenvalue weighted by Gasteiger charge is -2.14. The third-order valence-electron chi connectivity index (χ3n) is 3.48. The first-order valence-electron chi connectivity index (χ1n) is 6.37. The molecule has 0 saturated carbocycles. The Morgan fingerprint density at radius 3 is 2.63 bits per heavy atom. The summed E-state index contributed by atoms with van der Waals surface area (Å²) < 4.78 is 0. The lowest BCUT2D eigenvalue weighted by atomic mass is 9.88. The number of aromatic amines is 1. The second kappa shape index (κ2) is 4.99. The maximum atomic E-state index is 9.08. The van der Waals surface area contributed by atoms with E-state index in [9.17, 15) is 0 Å². The molecule has 1 aromatic heterocycles. The fourth-order valence-electron chi connectivity index (χ4n) is 2.49. The smallest absolute Gasteiger partial charge is 0.0631 e. The molecule has 0 aliphatic carbocycles. The predicted molar refractivity (Wildman–Crippen MR) is 76.8 cm³/mol. The van der Waals surface area contributed by atoms with Gasteiger partial charge in [0.15, 0.2) is 0 Å². The van der Waals surface area contributed by atoms with Crippen molar-refractivity contribution in [2.75, 3.05) is 0 Å². The van der Waals surface area contributed by atoms with Gasteiger partial charge in [-0.3, -0.25) is 0 Å². The zero-order valence-electron chi connectivity index (χ0n) is 10.5. The van der Waals surface area contributed by atoms with Crippen LogP contribution in [0.25, 0.3) is 10.9 Å². The maximum absolute atomic E-state index is 9.08. The number of H-pyrrole nitrogens is 1. The molecule has 0 fully saturated rings. The fourth-order valence-corrected chi connectivity index (χ4v) is 2.49. The first-order chi connectivity index (χ1) is 9.38. The summed E-state index contributed by atoms with van der Waals surface area (Å²) >= 11 is 0. The third-order valence-corrected chi connectivity index (χ3v) is 3.48. The van der Waals surface area contributed by atoms with Crippen molar-refractivity contribution in [3.8, 4) is 6.07 Å². The minimum absolute atomic E-state index is 0.144. The van der Waals surface area contributed by atoms with Gasteiger partial charge in [0.05, 0.1) is 6.07 Å². The molecule has 3 rings (SSSR count). The van der Waals surface area contributed by atoms with Crippen molar-refractivity contribution in [3.63, 3.8) is 0 Å². The molecular formula is C17H14N2. The summed E-state index contributed by atoms with van der Waals surface area (Å²) in [6, 6.07) is 20.9. The molecule has 0 spiro atoms.